The molecule has 1 saturated heterocycles. The third-order valence-corrected chi connectivity index (χ3v) is 12.2. The van der Waals surface area contributed by atoms with Crippen LogP contribution < -0.4 is 0 Å². The predicted molar refractivity (Wildman–Crippen MR) is 138 cm³/mol. The minimum Gasteiger partial charge on any atom is -0.338 e. The summed E-state index contributed by atoms with van der Waals surface area (Å²) in [4.78, 5) is 17.2. The molecular weight excluding hydrogens is 473 g/mol. The van der Waals surface area contributed by atoms with Gasteiger partial charge in [-0.05, 0) is 125 Å². The van der Waals surface area contributed by atoms with Crippen LogP contribution in [0.25, 0.3) is 0 Å². The van der Waals surface area contributed by atoms with E-state index in [-0.39, 0.29) is 11.5 Å². The van der Waals surface area contributed by atoms with E-state index in [4.69, 9.17) is 0 Å². The van der Waals surface area contributed by atoms with Crippen molar-refractivity contribution in [2.45, 2.75) is 83.7 Å². The van der Waals surface area contributed by atoms with Crippen LogP contribution in [0.5, 0.6) is 0 Å². The van der Waals surface area contributed by atoms with Crippen molar-refractivity contribution in [1.82, 2.24) is 9.80 Å². The summed E-state index contributed by atoms with van der Waals surface area (Å²) in [7, 11) is 3.97. The van der Waals surface area contributed by atoms with Crippen LogP contribution in [0.3, 0.4) is 0 Å². The third kappa shape index (κ3) is 3.60. The lowest BCUT2D eigenvalue weighted by Gasteiger charge is -2.61. The van der Waals surface area contributed by atoms with Crippen LogP contribution in [0, 0.1) is 52.0 Å². The molecule has 0 N–H and O–H groups in total. The average molecular weight is 515 g/mol. The number of benzene rings is 1. The topological polar surface area (TPSA) is 23.6 Å². The highest BCUT2D eigenvalue weighted by atomic mass is 19.2. The van der Waals surface area contributed by atoms with E-state index >= 15 is 0 Å². The first-order valence-electron chi connectivity index (χ1n) is 14.4. The van der Waals surface area contributed by atoms with Crippen molar-refractivity contribution in [3.8, 4) is 0 Å². The summed E-state index contributed by atoms with van der Waals surface area (Å²) < 4.78 is 41.5. The first-order chi connectivity index (χ1) is 17.6. The molecule has 1 spiro atoms. The molecule has 37 heavy (non-hydrogen) atoms. The lowest BCUT2D eigenvalue weighted by molar-refractivity contribution is -0.0924. The number of carbonyl (C=O) groups is 1. The summed E-state index contributed by atoms with van der Waals surface area (Å²) >= 11 is 0. The van der Waals surface area contributed by atoms with Gasteiger partial charge in [-0.15, -0.1) is 0 Å². The highest BCUT2D eigenvalue weighted by Gasteiger charge is 2.62. The highest BCUT2D eigenvalue weighted by Crippen LogP contribution is 2.68. The van der Waals surface area contributed by atoms with Crippen molar-refractivity contribution in [1.29, 1.82) is 0 Å². The van der Waals surface area contributed by atoms with Gasteiger partial charge in [0, 0.05) is 19.1 Å². The van der Waals surface area contributed by atoms with Gasteiger partial charge in [-0.2, -0.15) is 0 Å². The number of likely N-dealkylation sites (tertiary alicyclic amines) is 1. The van der Waals surface area contributed by atoms with E-state index in [1.165, 1.54) is 44.2 Å². The van der Waals surface area contributed by atoms with Gasteiger partial charge in [0.05, 0.1) is 5.56 Å². The van der Waals surface area contributed by atoms with Gasteiger partial charge in [-0.3, -0.25) is 4.79 Å². The maximum absolute atomic E-state index is 14.3. The molecule has 4 aliphatic carbocycles. The van der Waals surface area contributed by atoms with E-state index in [0.717, 1.165) is 55.6 Å². The maximum atomic E-state index is 14.3. The molecule has 1 aliphatic heterocycles. The Morgan fingerprint density at radius 1 is 1.00 bits per heavy atom. The highest BCUT2D eigenvalue weighted by molar-refractivity contribution is 5.94. The van der Waals surface area contributed by atoms with Gasteiger partial charge in [0.25, 0.3) is 5.91 Å². The summed E-state index contributed by atoms with van der Waals surface area (Å²) in [6.45, 7) is 6.14. The number of carbonyl (C=O) groups excluding carboxylic acids is 1. The predicted octanol–water partition coefficient (Wildman–Crippen LogP) is 6.83. The molecule has 3 saturated carbocycles. The molecule has 4 fully saturated rings. The second-order valence-corrected chi connectivity index (χ2v) is 13.2. The van der Waals surface area contributed by atoms with E-state index in [1.807, 2.05) is 0 Å². The zero-order chi connectivity index (χ0) is 26.3. The van der Waals surface area contributed by atoms with Crippen LogP contribution in [0.2, 0.25) is 0 Å². The summed E-state index contributed by atoms with van der Waals surface area (Å²) in [6.07, 6.45) is 13.1. The molecular formula is C31H41F3N2O. The van der Waals surface area contributed by atoms with E-state index in [1.54, 1.807) is 11.9 Å². The van der Waals surface area contributed by atoms with Gasteiger partial charge in [0.15, 0.2) is 17.5 Å². The minimum atomic E-state index is -1.58. The Balaban J connectivity index is 1.21. The molecule has 3 nitrogen and oxygen atoms in total. The van der Waals surface area contributed by atoms with Gasteiger partial charge in [-0.1, -0.05) is 18.6 Å². The molecule has 0 bridgehead atoms. The second-order valence-electron chi connectivity index (χ2n) is 13.2. The van der Waals surface area contributed by atoms with Crippen molar-refractivity contribution < 1.29 is 18.0 Å². The molecule has 6 rings (SSSR count). The number of allylic oxidation sites excluding steroid dienone is 1. The van der Waals surface area contributed by atoms with Crippen molar-refractivity contribution in [2.24, 2.45) is 34.5 Å². The van der Waals surface area contributed by atoms with E-state index in [2.05, 4.69) is 31.9 Å². The number of amides is 1. The lowest BCUT2D eigenvalue weighted by atomic mass is 9.45. The number of halogens is 3. The smallest absolute Gasteiger partial charge is 0.256 e. The maximum Gasteiger partial charge on any atom is 0.256 e. The Kier molecular flexibility index (Phi) is 6.09. The number of rotatable bonds is 2. The summed E-state index contributed by atoms with van der Waals surface area (Å²) in [5.41, 5.74) is 1.76. The van der Waals surface area contributed by atoms with E-state index in [0.29, 0.717) is 17.4 Å². The van der Waals surface area contributed by atoms with E-state index in [9.17, 15) is 18.0 Å². The third-order valence-electron chi connectivity index (χ3n) is 12.2. The Hall–Kier alpha value is -1.82. The van der Waals surface area contributed by atoms with Crippen LogP contribution in [0.1, 0.15) is 82.0 Å². The minimum absolute atomic E-state index is 0.0589. The fraction of sp³-hybridized carbons (Fsp3) is 0.710. The van der Waals surface area contributed by atoms with Crippen LogP contribution >= 0.6 is 0 Å². The molecule has 1 aromatic rings. The normalized spacial score (nSPS) is 41.2. The summed E-state index contributed by atoms with van der Waals surface area (Å²) in [5, 5.41) is 0. The largest absolute Gasteiger partial charge is 0.338 e. The fourth-order valence-electron chi connectivity index (χ4n) is 9.98. The van der Waals surface area contributed by atoms with Gasteiger partial charge in [0.2, 0.25) is 0 Å². The number of hydrogen-bond acceptors (Lipinski definition) is 2. The molecule has 6 heteroatoms. The molecule has 0 aromatic heterocycles. The molecule has 8 atom stereocenters. The fourth-order valence-corrected chi connectivity index (χ4v) is 9.98. The molecule has 1 amide bonds. The van der Waals surface area contributed by atoms with Crippen LogP contribution in [0.15, 0.2) is 23.8 Å². The summed E-state index contributed by atoms with van der Waals surface area (Å²) in [5.74, 6) is -1.70. The standard InChI is InChI=1S/C31H41F3N2O/c1-18-23-8-9-25-21-6-5-19-17-20(36(4)29(37)22-7-10-26(32)28(34)27(22)33)11-13-30(19,2)24(21)12-14-31(23,25)15-16-35(18)3/h5,7,10,18,20-21,23-25H,6,8-9,11-17H2,1-4H3/t18-,20-,21+,23+,24?,25?,30-,31-/m0/s1. The Morgan fingerprint density at radius 2 is 1.76 bits per heavy atom. The Morgan fingerprint density at radius 3 is 2.54 bits per heavy atom. The molecule has 1 aromatic carbocycles. The first-order valence-corrected chi connectivity index (χ1v) is 14.4. The summed E-state index contributed by atoms with van der Waals surface area (Å²) in [6, 6.07) is 2.51. The van der Waals surface area contributed by atoms with Crippen LogP contribution in [0.4, 0.5) is 13.2 Å². The number of fused-ring (bicyclic) bond motifs is 4. The van der Waals surface area contributed by atoms with Gasteiger partial charge in [-0.25, -0.2) is 13.2 Å². The van der Waals surface area contributed by atoms with Crippen molar-refractivity contribution in [3.63, 3.8) is 0 Å². The van der Waals surface area contributed by atoms with Crippen LogP contribution in [-0.2, 0) is 0 Å². The Bertz CT molecular complexity index is 1140. The van der Waals surface area contributed by atoms with Crippen molar-refractivity contribution >= 4 is 5.91 Å². The SMILES string of the molecule is C[C@H]1[C@H]2CCC3[C@@H]4CC=C5C[C@@H](N(C)C(=O)c6ccc(F)c(F)c6F)CC[C@]5(C)C4CC[C@@]32CCN1C. The lowest BCUT2D eigenvalue weighted by Crippen LogP contribution is -2.57. The van der Waals surface area contributed by atoms with Crippen molar-refractivity contribution in [3.05, 3.63) is 46.8 Å². The molecule has 0 radical (unpaired) electrons. The molecule has 1 heterocycles. The number of piperidine rings is 1. The van der Waals surface area contributed by atoms with Crippen LogP contribution in [-0.4, -0.2) is 48.4 Å². The zero-order valence-electron chi connectivity index (χ0n) is 22.7. The quantitative estimate of drug-likeness (QED) is 0.319. The Labute approximate surface area is 219 Å². The second kappa shape index (κ2) is 8.86. The van der Waals surface area contributed by atoms with Gasteiger partial charge >= 0.3 is 0 Å². The van der Waals surface area contributed by atoms with Crippen molar-refractivity contribution in [2.75, 3.05) is 20.6 Å². The molecule has 202 valence electrons. The molecule has 5 aliphatic rings. The first kappa shape index (κ1) is 25.5. The number of nitrogens with zero attached hydrogens (tertiary/aromatic N) is 2. The van der Waals surface area contributed by atoms with Gasteiger partial charge in [0.1, 0.15) is 0 Å². The monoisotopic (exact) mass is 514 g/mol. The zero-order valence-corrected chi connectivity index (χ0v) is 22.7. The molecule has 2 unspecified atom stereocenters. The number of hydrogen-bond donors (Lipinski definition) is 0. The van der Waals surface area contributed by atoms with Gasteiger partial charge < -0.3 is 9.80 Å². The van der Waals surface area contributed by atoms with E-state index < -0.39 is 28.9 Å². The average Bonchev–Trinajstić information content (AvgIpc) is 3.29.